The Balaban J connectivity index is 4.10. The number of likely N-dealkylation sites (N-methyl/N-ethyl adjacent to an activating group) is 1. The van der Waals surface area contributed by atoms with Gasteiger partial charge in [0.25, 0.3) is 0 Å². The van der Waals surface area contributed by atoms with E-state index in [1.165, 1.54) is 12.8 Å². The number of hydrogen-bond donors (Lipinski definition) is 2. The summed E-state index contributed by atoms with van der Waals surface area (Å²) in [5.74, 6) is -0.756. The fourth-order valence-corrected chi connectivity index (χ4v) is 2.20. The van der Waals surface area contributed by atoms with Crippen LogP contribution in [0.15, 0.2) is 0 Å². The van der Waals surface area contributed by atoms with Gasteiger partial charge in [-0.3, -0.25) is 4.79 Å². The van der Waals surface area contributed by atoms with Gasteiger partial charge in [0.2, 0.25) is 0 Å². The van der Waals surface area contributed by atoms with Gasteiger partial charge in [0, 0.05) is 6.04 Å². The molecule has 0 aliphatic rings. The predicted octanol–water partition coefficient (Wildman–Crippen LogP) is 2.34. The monoisotopic (exact) mass is 258 g/mol. The van der Waals surface area contributed by atoms with Gasteiger partial charge in [-0.2, -0.15) is 0 Å². The summed E-state index contributed by atoms with van der Waals surface area (Å²) >= 11 is 0. The lowest BCUT2D eigenvalue weighted by Gasteiger charge is -2.28. The molecule has 0 fully saturated rings. The average Bonchev–Trinajstić information content (AvgIpc) is 2.29. The van der Waals surface area contributed by atoms with Gasteiger partial charge in [0.1, 0.15) is 5.54 Å². The molecule has 0 aromatic carbocycles. The number of carboxylic acids is 1. The minimum atomic E-state index is -0.788. The van der Waals surface area contributed by atoms with Crippen molar-refractivity contribution in [3.63, 3.8) is 0 Å². The molecule has 0 aliphatic carbocycles. The first-order valence-electron chi connectivity index (χ1n) is 7.06. The van der Waals surface area contributed by atoms with E-state index in [-0.39, 0.29) is 0 Å². The van der Waals surface area contributed by atoms with Crippen LogP contribution in [0, 0.1) is 0 Å². The molecule has 4 heteroatoms. The second kappa shape index (κ2) is 8.48. The summed E-state index contributed by atoms with van der Waals surface area (Å²) in [6.45, 7) is 9.77. The lowest BCUT2D eigenvalue weighted by molar-refractivity contribution is -0.144. The van der Waals surface area contributed by atoms with Crippen molar-refractivity contribution in [2.24, 2.45) is 0 Å². The highest BCUT2D eigenvalue weighted by atomic mass is 16.4. The first-order valence-corrected chi connectivity index (χ1v) is 7.06. The van der Waals surface area contributed by atoms with Gasteiger partial charge in [0.15, 0.2) is 0 Å². The Morgan fingerprint density at radius 2 is 2.06 bits per heavy atom. The molecule has 4 nitrogen and oxygen atoms in total. The molecule has 0 aromatic heterocycles. The zero-order valence-corrected chi connectivity index (χ0v) is 12.6. The molecule has 2 unspecified atom stereocenters. The molecule has 0 rings (SSSR count). The van der Waals surface area contributed by atoms with Gasteiger partial charge < -0.3 is 15.3 Å². The van der Waals surface area contributed by atoms with Gasteiger partial charge in [-0.1, -0.05) is 20.3 Å². The molecule has 0 saturated carbocycles. The molecule has 0 aliphatic heterocycles. The first kappa shape index (κ1) is 17.4. The maximum absolute atomic E-state index is 11.2. The summed E-state index contributed by atoms with van der Waals surface area (Å²) in [4.78, 5) is 13.6. The Hall–Kier alpha value is -0.610. The van der Waals surface area contributed by atoms with E-state index in [2.05, 4.69) is 31.1 Å². The Morgan fingerprint density at radius 1 is 1.44 bits per heavy atom. The van der Waals surface area contributed by atoms with E-state index in [0.717, 1.165) is 13.0 Å². The third kappa shape index (κ3) is 5.83. The Kier molecular flexibility index (Phi) is 8.20. The third-order valence-electron chi connectivity index (χ3n) is 3.69. The van der Waals surface area contributed by atoms with Crippen LogP contribution in [0.1, 0.15) is 53.4 Å². The second-order valence-corrected chi connectivity index (χ2v) is 5.39. The molecule has 2 atom stereocenters. The summed E-state index contributed by atoms with van der Waals surface area (Å²) < 4.78 is 0. The van der Waals surface area contributed by atoms with Gasteiger partial charge in [-0.15, -0.1) is 0 Å². The standard InChI is InChI=1S/C14H30N2O2/c1-6-9-12(3)16(5)11-8-10-14(4,13(17)18)15-7-2/h12,15H,6-11H2,1-5H3,(H,17,18). The lowest BCUT2D eigenvalue weighted by atomic mass is 9.95. The maximum Gasteiger partial charge on any atom is 0.323 e. The summed E-state index contributed by atoms with van der Waals surface area (Å²) in [6, 6.07) is 0.574. The molecule has 18 heavy (non-hydrogen) atoms. The highest BCUT2D eigenvalue weighted by Crippen LogP contribution is 2.14. The maximum atomic E-state index is 11.2. The smallest absolute Gasteiger partial charge is 0.323 e. The van der Waals surface area contributed by atoms with Crippen molar-refractivity contribution in [1.29, 1.82) is 0 Å². The van der Waals surface area contributed by atoms with Crippen molar-refractivity contribution in [2.75, 3.05) is 20.1 Å². The quantitative estimate of drug-likeness (QED) is 0.631. The summed E-state index contributed by atoms with van der Waals surface area (Å²) in [6.07, 6.45) is 3.95. The highest BCUT2D eigenvalue weighted by molar-refractivity contribution is 5.78. The molecular formula is C14H30N2O2. The fraction of sp³-hybridized carbons (Fsp3) is 0.929. The van der Waals surface area contributed by atoms with Gasteiger partial charge >= 0.3 is 5.97 Å². The van der Waals surface area contributed by atoms with Crippen LogP contribution in [-0.2, 0) is 4.79 Å². The van der Waals surface area contributed by atoms with Crippen LogP contribution < -0.4 is 5.32 Å². The predicted molar refractivity (Wildman–Crippen MR) is 76.0 cm³/mol. The minimum Gasteiger partial charge on any atom is -0.480 e. The Morgan fingerprint density at radius 3 is 2.50 bits per heavy atom. The van der Waals surface area contributed by atoms with Crippen LogP contribution in [-0.4, -0.2) is 47.7 Å². The van der Waals surface area contributed by atoms with E-state index in [4.69, 9.17) is 0 Å². The second-order valence-electron chi connectivity index (χ2n) is 5.39. The Labute approximate surface area is 112 Å². The third-order valence-corrected chi connectivity index (χ3v) is 3.69. The van der Waals surface area contributed by atoms with Crippen molar-refractivity contribution in [1.82, 2.24) is 10.2 Å². The number of hydrogen-bond acceptors (Lipinski definition) is 3. The highest BCUT2D eigenvalue weighted by Gasteiger charge is 2.31. The van der Waals surface area contributed by atoms with Crippen molar-refractivity contribution >= 4 is 5.97 Å². The molecule has 0 radical (unpaired) electrons. The van der Waals surface area contributed by atoms with Crippen LogP contribution in [0.3, 0.4) is 0 Å². The van der Waals surface area contributed by atoms with Gasteiger partial charge in [-0.05, 0) is 53.2 Å². The van der Waals surface area contributed by atoms with E-state index in [9.17, 15) is 9.90 Å². The van der Waals surface area contributed by atoms with Crippen LogP contribution in [0.5, 0.6) is 0 Å². The summed E-state index contributed by atoms with van der Waals surface area (Å²) in [7, 11) is 2.12. The van der Waals surface area contributed by atoms with Crippen LogP contribution >= 0.6 is 0 Å². The van der Waals surface area contributed by atoms with Crippen molar-refractivity contribution in [3.8, 4) is 0 Å². The van der Waals surface area contributed by atoms with Crippen LogP contribution in [0.4, 0.5) is 0 Å². The van der Waals surface area contributed by atoms with Crippen molar-refractivity contribution in [2.45, 2.75) is 65.0 Å². The fourth-order valence-electron chi connectivity index (χ4n) is 2.20. The zero-order chi connectivity index (χ0) is 14.2. The molecule has 0 amide bonds. The van der Waals surface area contributed by atoms with Gasteiger partial charge in [0.05, 0.1) is 0 Å². The topological polar surface area (TPSA) is 52.6 Å². The lowest BCUT2D eigenvalue weighted by Crippen LogP contribution is -2.49. The number of carbonyl (C=O) groups is 1. The molecule has 0 aromatic rings. The molecule has 108 valence electrons. The number of rotatable bonds is 10. The molecule has 0 heterocycles. The molecule has 0 bridgehead atoms. The van der Waals surface area contributed by atoms with Crippen molar-refractivity contribution in [3.05, 3.63) is 0 Å². The number of nitrogens with zero attached hydrogens (tertiary/aromatic N) is 1. The van der Waals surface area contributed by atoms with E-state index in [0.29, 0.717) is 19.0 Å². The van der Waals surface area contributed by atoms with Crippen LogP contribution in [0.2, 0.25) is 0 Å². The first-order chi connectivity index (χ1) is 8.37. The van der Waals surface area contributed by atoms with E-state index in [1.807, 2.05) is 6.92 Å². The average molecular weight is 258 g/mol. The Bertz CT molecular complexity index is 246. The van der Waals surface area contributed by atoms with E-state index >= 15 is 0 Å². The number of carboxylic acid groups (broad SMARTS) is 1. The molecule has 0 spiro atoms. The normalized spacial score (nSPS) is 16.6. The van der Waals surface area contributed by atoms with Crippen LogP contribution in [0.25, 0.3) is 0 Å². The molecule has 0 saturated heterocycles. The zero-order valence-electron chi connectivity index (χ0n) is 12.6. The van der Waals surface area contributed by atoms with E-state index < -0.39 is 11.5 Å². The molecule has 2 N–H and O–H groups in total. The van der Waals surface area contributed by atoms with Crippen molar-refractivity contribution < 1.29 is 9.90 Å². The number of aliphatic carboxylic acids is 1. The molecular weight excluding hydrogens is 228 g/mol. The summed E-state index contributed by atoms with van der Waals surface area (Å²) in [5.41, 5.74) is -0.788. The largest absolute Gasteiger partial charge is 0.480 e. The van der Waals surface area contributed by atoms with E-state index in [1.54, 1.807) is 6.92 Å². The minimum absolute atomic E-state index is 0.574. The SMILES string of the molecule is CCCC(C)N(C)CCCC(C)(NCC)C(=O)O. The summed E-state index contributed by atoms with van der Waals surface area (Å²) in [5, 5.41) is 12.3. The number of nitrogens with one attached hydrogen (secondary N) is 1. The van der Waals surface area contributed by atoms with Gasteiger partial charge in [-0.25, -0.2) is 0 Å².